The highest BCUT2D eigenvalue weighted by Crippen LogP contribution is 2.34. The van der Waals surface area contributed by atoms with Crippen LogP contribution in [0.1, 0.15) is 22.9 Å². The molecule has 0 aliphatic rings. The van der Waals surface area contributed by atoms with Crippen LogP contribution in [0.2, 0.25) is 0 Å². The molecular formula is C12H12F3N5. The van der Waals surface area contributed by atoms with Gasteiger partial charge in [-0.05, 0) is 23.8 Å². The van der Waals surface area contributed by atoms with Crippen molar-refractivity contribution in [1.29, 1.82) is 0 Å². The molecule has 0 saturated carbocycles. The maximum atomic E-state index is 12.7. The Kier molecular flexibility index (Phi) is 3.86. The van der Waals surface area contributed by atoms with Crippen LogP contribution < -0.4 is 17.0 Å². The van der Waals surface area contributed by atoms with Gasteiger partial charge in [0.15, 0.2) is 0 Å². The molecule has 8 heteroatoms. The van der Waals surface area contributed by atoms with Gasteiger partial charge in [-0.1, -0.05) is 0 Å². The zero-order valence-electron chi connectivity index (χ0n) is 10.2. The molecule has 0 bridgehead atoms. The van der Waals surface area contributed by atoms with Gasteiger partial charge in [0, 0.05) is 18.1 Å². The minimum Gasteiger partial charge on any atom is -0.398 e. The van der Waals surface area contributed by atoms with Crippen LogP contribution in [0.25, 0.3) is 0 Å². The molecule has 1 aromatic carbocycles. The highest BCUT2D eigenvalue weighted by molar-refractivity contribution is 5.52. The summed E-state index contributed by atoms with van der Waals surface area (Å²) in [7, 11) is 0. The molecule has 0 spiro atoms. The number of alkyl halides is 3. The third kappa shape index (κ3) is 2.86. The standard InChI is InChI=1S/C12H12F3N5/c13-12(14,15)7-1-2-9(16)8(5-7)11(20-17)10-6-18-3-4-19-10/h1-6,11,20H,16-17H2. The molecule has 0 saturated heterocycles. The van der Waals surface area contributed by atoms with E-state index >= 15 is 0 Å². The maximum Gasteiger partial charge on any atom is 0.416 e. The smallest absolute Gasteiger partial charge is 0.398 e. The quantitative estimate of drug-likeness (QED) is 0.452. The highest BCUT2D eigenvalue weighted by atomic mass is 19.4. The van der Waals surface area contributed by atoms with Gasteiger partial charge in [-0.25, -0.2) is 5.43 Å². The lowest BCUT2D eigenvalue weighted by molar-refractivity contribution is -0.137. The van der Waals surface area contributed by atoms with E-state index in [2.05, 4.69) is 15.4 Å². The molecule has 1 unspecified atom stereocenters. The van der Waals surface area contributed by atoms with E-state index in [4.69, 9.17) is 11.6 Å². The Bertz CT molecular complexity index is 585. The molecule has 106 valence electrons. The Morgan fingerprint density at radius 1 is 1.20 bits per heavy atom. The Balaban J connectivity index is 2.50. The molecule has 1 aromatic heterocycles. The Morgan fingerprint density at radius 3 is 2.50 bits per heavy atom. The van der Waals surface area contributed by atoms with E-state index in [1.807, 2.05) is 0 Å². The van der Waals surface area contributed by atoms with Crippen LogP contribution >= 0.6 is 0 Å². The molecule has 2 rings (SSSR count). The molecule has 20 heavy (non-hydrogen) atoms. The van der Waals surface area contributed by atoms with Gasteiger partial charge in [0.2, 0.25) is 0 Å². The normalized spacial score (nSPS) is 13.2. The molecule has 2 aromatic rings. The average molecular weight is 283 g/mol. The van der Waals surface area contributed by atoms with Crippen molar-refractivity contribution in [2.24, 2.45) is 5.84 Å². The monoisotopic (exact) mass is 283 g/mol. The average Bonchev–Trinajstić information content (AvgIpc) is 2.41. The Labute approximate surface area is 112 Å². The van der Waals surface area contributed by atoms with Crippen molar-refractivity contribution in [3.05, 3.63) is 53.6 Å². The number of aromatic nitrogens is 2. The van der Waals surface area contributed by atoms with Crippen LogP contribution in [0, 0.1) is 0 Å². The fraction of sp³-hybridized carbons (Fsp3) is 0.167. The van der Waals surface area contributed by atoms with Crippen LogP contribution in [0.15, 0.2) is 36.8 Å². The fourth-order valence-electron chi connectivity index (χ4n) is 1.80. The SMILES string of the molecule is NNC(c1cnccn1)c1cc(C(F)(F)F)ccc1N. The van der Waals surface area contributed by atoms with Gasteiger partial charge in [-0.15, -0.1) is 0 Å². The number of nitrogen functional groups attached to an aromatic ring is 1. The van der Waals surface area contributed by atoms with Gasteiger partial charge < -0.3 is 5.73 Å². The first-order valence-corrected chi connectivity index (χ1v) is 5.62. The summed E-state index contributed by atoms with van der Waals surface area (Å²) in [5.41, 5.74) is 8.10. The number of rotatable bonds is 3. The van der Waals surface area contributed by atoms with Crippen molar-refractivity contribution < 1.29 is 13.2 Å². The number of hydrazine groups is 1. The molecule has 5 nitrogen and oxygen atoms in total. The summed E-state index contributed by atoms with van der Waals surface area (Å²) in [5.74, 6) is 5.41. The second-order valence-electron chi connectivity index (χ2n) is 4.07. The summed E-state index contributed by atoms with van der Waals surface area (Å²) < 4.78 is 38.2. The van der Waals surface area contributed by atoms with E-state index in [9.17, 15) is 13.2 Å². The van der Waals surface area contributed by atoms with E-state index in [0.717, 1.165) is 12.1 Å². The number of hydrogen-bond acceptors (Lipinski definition) is 5. The molecule has 0 aliphatic carbocycles. The van der Waals surface area contributed by atoms with Crippen LogP contribution in [-0.2, 0) is 6.18 Å². The van der Waals surface area contributed by atoms with Crippen LogP contribution in [0.3, 0.4) is 0 Å². The number of benzene rings is 1. The summed E-state index contributed by atoms with van der Waals surface area (Å²) in [5, 5.41) is 0. The highest BCUT2D eigenvalue weighted by Gasteiger charge is 2.32. The van der Waals surface area contributed by atoms with Crippen molar-refractivity contribution in [3.63, 3.8) is 0 Å². The minimum atomic E-state index is -4.45. The lowest BCUT2D eigenvalue weighted by atomic mass is 9.99. The first-order chi connectivity index (χ1) is 9.43. The van der Waals surface area contributed by atoms with Crippen molar-refractivity contribution >= 4 is 5.69 Å². The third-order valence-corrected chi connectivity index (χ3v) is 2.77. The molecular weight excluding hydrogens is 271 g/mol. The van der Waals surface area contributed by atoms with Gasteiger partial charge in [0.25, 0.3) is 0 Å². The fourth-order valence-corrected chi connectivity index (χ4v) is 1.80. The number of hydrogen-bond donors (Lipinski definition) is 3. The first-order valence-electron chi connectivity index (χ1n) is 5.62. The molecule has 0 amide bonds. The lowest BCUT2D eigenvalue weighted by Gasteiger charge is -2.19. The Hall–Kier alpha value is -2.19. The predicted octanol–water partition coefficient (Wildman–Crippen LogP) is 1.63. The van der Waals surface area contributed by atoms with E-state index in [-0.39, 0.29) is 11.3 Å². The van der Waals surface area contributed by atoms with E-state index in [0.29, 0.717) is 5.69 Å². The molecule has 5 N–H and O–H groups in total. The number of halogens is 3. The number of nitrogens with two attached hydrogens (primary N) is 2. The second-order valence-corrected chi connectivity index (χ2v) is 4.07. The van der Waals surface area contributed by atoms with Crippen molar-refractivity contribution in [2.75, 3.05) is 5.73 Å². The van der Waals surface area contributed by atoms with E-state index in [1.54, 1.807) is 0 Å². The number of nitrogens with one attached hydrogen (secondary N) is 1. The van der Waals surface area contributed by atoms with Gasteiger partial charge in [-0.3, -0.25) is 15.8 Å². The molecule has 0 radical (unpaired) electrons. The molecule has 0 fully saturated rings. The lowest BCUT2D eigenvalue weighted by Crippen LogP contribution is -2.30. The van der Waals surface area contributed by atoms with Crippen molar-refractivity contribution in [2.45, 2.75) is 12.2 Å². The summed E-state index contributed by atoms with van der Waals surface area (Å²) in [6.45, 7) is 0. The zero-order valence-corrected chi connectivity index (χ0v) is 10.2. The first kappa shape index (κ1) is 14.2. The topological polar surface area (TPSA) is 89.8 Å². The minimum absolute atomic E-state index is 0.187. The number of anilines is 1. The van der Waals surface area contributed by atoms with Gasteiger partial charge >= 0.3 is 6.18 Å². The van der Waals surface area contributed by atoms with Crippen LogP contribution in [-0.4, -0.2) is 9.97 Å². The second kappa shape index (κ2) is 5.43. The molecule has 1 heterocycles. The van der Waals surface area contributed by atoms with E-state index < -0.39 is 17.8 Å². The van der Waals surface area contributed by atoms with Crippen LogP contribution in [0.5, 0.6) is 0 Å². The summed E-state index contributed by atoms with van der Waals surface area (Å²) in [6.07, 6.45) is -0.176. The van der Waals surface area contributed by atoms with Crippen molar-refractivity contribution in [1.82, 2.24) is 15.4 Å². The van der Waals surface area contributed by atoms with Gasteiger partial charge in [0.05, 0.1) is 23.5 Å². The predicted molar refractivity (Wildman–Crippen MR) is 67.1 cm³/mol. The summed E-state index contributed by atoms with van der Waals surface area (Å²) in [6, 6.07) is 2.29. The van der Waals surface area contributed by atoms with Gasteiger partial charge in [0.1, 0.15) is 0 Å². The van der Waals surface area contributed by atoms with Crippen molar-refractivity contribution in [3.8, 4) is 0 Å². The summed E-state index contributed by atoms with van der Waals surface area (Å²) >= 11 is 0. The number of nitrogens with zero attached hydrogens (tertiary/aromatic N) is 2. The van der Waals surface area contributed by atoms with Crippen LogP contribution in [0.4, 0.5) is 18.9 Å². The zero-order chi connectivity index (χ0) is 14.8. The molecule has 1 atom stereocenters. The maximum absolute atomic E-state index is 12.7. The van der Waals surface area contributed by atoms with E-state index in [1.165, 1.54) is 24.7 Å². The largest absolute Gasteiger partial charge is 0.416 e. The Morgan fingerprint density at radius 2 is 1.95 bits per heavy atom. The molecule has 0 aliphatic heterocycles. The third-order valence-electron chi connectivity index (χ3n) is 2.77. The summed E-state index contributed by atoms with van der Waals surface area (Å²) in [4.78, 5) is 7.88. The van der Waals surface area contributed by atoms with Gasteiger partial charge in [-0.2, -0.15) is 13.2 Å².